The lowest BCUT2D eigenvalue weighted by Crippen LogP contribution is -2.22. The lowest BCUT2D eigenvalue weighted by Gasteiger charge is -2.28. The van der Waals surface area contributed by atoms with Crippen LogP contribution in [0.1, 0.15) is 47.2 Å². The molecule has 2 aromatic rings. The van der Waals surface area contributed by atoms with Gasteiger partial charge in [0.1, 0.15) is 10.3 Å². The number of rotatable bonds is 2. The third-order valence-corrected chi connectivity index (χ3v) is 5.91. The molecule has 2 aromatic heterocycles. The summed E-state index contributed by atoms with van der Waals surface area (Å²) in [7, 11) is 0. The molecule has 0 aliphatic heterocycles. The Morgan fingerprint density at radius 1 is 1.45 bits per heavy atom. The van der Waals surface area contributed by atoms with Gasteiger partial charge < -0.3 is 5.11 Å². The van der Waals surface area contributed by atoms with Gasteiger partial charge in [-0.25, -0.2) is 14.8 Å². The first-order chi connectivity index (χ1) is 9.55. The van der Waals surface area contributed by atoms with E-state index in [1.807, 2.05) is 0 Å². The predicted octanol–water partition coefficient (Wildman–Crippen LogP) is 3.29. The Bertz CT molecular complexity index is 718. The number of aromatic nitrogens is 2. The van der Waals surface area contributed by atoms with E-state index in [-0.39, 0.29) is 5.01 Å². The third-order valence-electron chi connectivity index (χ3n) is 4.96. The van der Waals surface area contributed by atoms with Gasteiger partial charge in [-0.3, -0.25) is 0 Å². The number of pyridine rings is 1. The summed E-state index contributed by atoms with van der Waals surface area (Å²) in [5, 5.41) is 9.17. The minimum absolute atomic E-state index is 0.139. The zero-order chi connectivity index (χ0) is 13.9. The van der Waals surface area contributed by atoms with E-state index in [4.69, 9.17) is 5.11 Å². The number of carbonyl (C=O) groups is 1. The Morgan fingerprint density at radius 3 is 2.95 bits per heavy atom. The second-order valence-corrected chi connectivity index (χ2v) is 7.31. The predicted molar refractivity (Wildman–Crippen MR) is 77.2 cm³/mol. The molecule has 0 radical (unpaired) electrons. The highest BCUT2D eigenvalue weighted by Gasteiger charge is 2.45. The maximum Gasteiger partial charge on any atom is 0.365 e. The van der Waals surface area contributed by atoms with Gasteiger partial charge in [0.25, 0.3) is 0 Å². The molecule has 1 saturated carbocycles. The molecule has 0 spiro atoms. The van der Waals surface area contributed by atoms with Gasteiger partial charge in [-0.1, -0.05) is 18.3 Å². The minimum atomic E-state index is -0.964. The number of aromatic carboxylic acids is 1. The van der Waals surface area contributed by atoms with Crippen LogP contribution in [0.4, 0.5) is 0 Å². The summed E-state index contributed by atoms with van der Waals surface area (Å²) in [5.74, 6) is -0.207. The van der Waals surface area contributed by atoms with Crippen LogP contribution in [0.15, 0.2) is 6.07 Å². The van der Waals surface area contributed by atoms with Gasteiger partial charge in [0.05, 0.1) is 0 Å². The molecule has 0 amide bonds. The molecule has 0 bridgehead atoms. The van der Waals surface area contributed by atoms with Crippen molar-refractivity contribution in [2.45, 2.75) is 39.0 Å². The average molecular weight is 288 g/mol. The third kappa shape index (κ3) is 1.84. The van der Waals surface area contributed by atoms with Gasteiger partial charge in [-0.2, -0.15) is 0 Å². The Balaban J connectivity index is 1.74. The van der Waals surface area contributed by atoms with Crippen LogP contribution in [-0.2, 0) is 12.8 Å². The van der Waals surface area contributed by atoms with Crippen LogP contribution in [0.25, 0.3) is 10.3 Å². The van der Waals surface area contributed by atoms with Crippen LogP contribution in [0.2, 0.25) is 0 Å². The van der Waals surface area contributed by atoms with Gasteiger partial charge in [0.2, 0.25) is 5.01 Å². The van der Waals surface area contributed by atoms with E-state index in [0.717, 1.165) is 34.8 Å². The minimum Gasteiger partial charge on any atom is -0.476 e. The number of hydrogen-bond acceptors (Lipinski definition) is 4. The van der Waals surface area contributed by atoms with Crippen molar-refractivity contribution in [2.24, 2.45) is 11.3 Å². The molecule has 104 valence electrons. The maximum absolute atomic E-state index is 11.0. The van der Waals surface area contributed by atoms with E-state index < -0.39 is 5.97 Å². The van der Waals surface area contributed by atoms with Crippen molar-refractivity contribution in [2.75, 3.05) is 0 Å². The molecule has 4 rings (SSSR count). The first-order valence-electron chi connectivity index (χ1n) is 7.08. The van der Waals surface area contributed by atoms with Gasteiger partial charge in [-0.15, -0.1) is 0 Å². The van der Waals surface area contributed by atoms with Crippen molar-refractivity contribution >= 4 is 27.7 Å². The van der Waals surface area contributed by atoms with E-state index in [0.29, 0.717) is 5.41 Å². The van der Waals surface area contributed by atoms with Gasteiger partial charge in [0.15, 0.2) is 0 Å². The highest BCUT2D eigenvalue weighted by Crippen LogP contribution is 2.55. The zero-order valence-electron chi connectivity index (χ0n) is 11.3. The Hall–Kier alpha value is -1.49. The topological polar surface area (TPSA) is 63.1 Å². The SMILES string of the molecule is CC1([C@H]2CCc3nc4sc(C(=O)O)nc4cc3C2)CC1. The van der Waals surface area contributed by atoms with Crippen LogP contribution in [0.3, 0.4) is 0 Å². The first kappa shape index (κ1) is 12.3. The molecule has 4 nitrogen and oxygen atoms in total. The fraction of sp³-hybridized carbons (Fsp3) is 0.533. The molecule has 0 saturated heterocycles. The fourth-order valence-electron chi connectivity index (χ4n) is 3.30. The number of carboxylic acids is 1. The Morgan fingerprint density at radius 2 is 2.25 bits per heavy atom. The summed E-state index contributed by atoms with van der Waals surface area (Å²) in [6, 6.07) is 2.07. The molecule has 20 heavy (non-hydrogen) atoms. The molecular formula is C15H16N2O2S. The van der Waals surface area contributed by atoms with Crippen molar-refractivity contribution in [3.05, 3.63) is 22.3 Å². The summed E-state index contributed by atoms with van der Waals surface area (Å²) < 4.78 is 0. The standard InChI is InChI=1S/C15H16N2O2S/c1-15(4-5-15)9-2-3-10-8(6-9)7-11-12(16-10)20-13(17-11)14(18)19/h7,9H,2-6H2,1H3,(H,18,19)/t9-/m0/s1. The number of aryl methyl sites for hydroxylation is 1. The lowest BCUT2D eigenvalue weighted by molar-refractivity contribution is 0.0696. The van der Waals surface area contributed by atoms with Crippen LogP contribution < -0.4 is 0 Å². The van der Waals surface area contributed by atoms with Gasteiger partial charge in [0, 0.05) is 5.69 Å². The second-order valence-electron chi connectivity index (χ2n) is 6.34. The highest BCUT2D eigenvalue weighted by molar-refractivity contribution is 7.19. The molecule has 1 fully saturated rings. The molecule has 0 aromatic carbocycles. The second kappa shape index (κ2) is 4.01. The number of thiazole rings is 1. The summed E-state index contributed by atoms with van der Waals surface area (Å²) in [4.78, 5) is 20.6. The molecule has 0 unspecified atom stereocenters. The number of carboxylic acid groups (broad SMARTS) is 1. The van der Waals surface area contributed by atoms with E-state index in [2.05, 4.69) is 23.0 Å². The Kier molecular flexibility index (Phi) is 2.46. The summed E-state index contributed by atoms with van der Waals surface area (Å²) in [6.45, 7) is 2.39. The summed E-state index contributed by atoms with van der Waals surface area (Å²) >= 11 is 1.18. The van der Waals surface area contributed by atoms with Crippen molar-refractivity contribution in [1.82, 2.24) is 9.97 Å². The average Bonchev–Trinajstić information content (AvgIpc) is 3.03. The highest BCUT2D eigenvalue weighted by atomic mass is 32.1. The van der Waals surface area contributed by atoms with Crippen molar-refractivity contribution in [1.29, 1.82) is 0 Å². The summed E-state index contributed by atoms with van der Waals surface area (Å²) in [6.07, 6.45) is 6.01. The Labute approximate surface area is 120 Å². The van der Waals surface area contributed by atoms with E-state index in [1.165, 1.54) is 36.2 Å². The number of nitrogens with zero attached hydrogens (tertiary/aromatic N) is 2. The van der Waals surface area contributed by atoms with Crippen molar-refractivity contribution in [3.8, 4) is 0 Å². The fourth-order valence-corrected chi connectivity index (χ4v) is 4.08. The lowest BCUT2D eigenvalue weighted by atomic mass is 9.77. The molecule has 2 aliphatic rings. The van der Waals surface area contributed by atoms with Gasteiger partial charge >= 0.3 is 5.97 Å². The van der Waals surface area contributed by atoms with E-state index >= 15 is 0 Å². The quantitative estimate of drug-likeness (QED) is 0.921. The van der Waals surface area contributed by atoms with Crippen molar-refractivity contribution < 1.29 is 9.90 Å². The maximum atomic E-state index is 11.0. The van der Waals surface area contributed by atoms with Gasteiger partial charge in [-0.05, 0) is 55.1 Å². The van der Waals surface area contributed by atoms with Crippen LogP contribution in [-0.4, -0.2) is 21.0 Å². The van der Waals surface area contributed by atoms with E-state index in [1.54, 1.807) is 0 Å². The summed E-state index contributed by atoms with van der Waals surface area (Å²) in [5.41, 5.74) is 3.72. The molecular weight excluding hydrogens is 272 g/mol. The molecule has 2 aliphatic carbocycles. The largest absolute Gasteiger partial charge is 0.476 e. The normalized spacial score (nSPS) is 23.6. The molecule has 5 heteroatoms. The molecule has 2 heterocycles. The monoisotopic (exact) mass is 288 g/mol. The number of fused-ring (bicyclic) bond motifs is 2. The number of hydrogen-bond donors (Lipinski definition) is 1. The van der Waals surface area contributed by atoms with Crippen LogP contribution >= 0.6 is 11.3 Å². The van der Waals surface area contributed by atoms with E-state index in [9.17, 15) is 4.79 Å². The van der Waals surface area contributed by atoms with Crippen molar-refractivity contribution in [3.63, 3.8) is 0 Å². The van der Waals surface area contributed by atoms with Crippen LogP contribution in [0.5, 0.6) is 0 Å². The van der Waals surface area contributed by atoms with Crippen LogP contribution in [0, 0.1) is 11.3 Å². The molecule has 1 atom stereocenters. The smallest absolute Gasteiger partial charge is 0.365 e. The zero-order valence-corrected chi connectivity index (χ0v) is 12.2. The first-order valence-corrected chi connectivity index (χ1v) is 7.89. The molecule has 1 N–H and O–H groups in total.